The first-order chi connectivity index (χ1) is 13.0. The van der Waals surface area contributed by atoms with Crippen LogP contribution in [0.4, 0.5) is 0 Å². The Balaban J connectivity index is 0.000000465. The van der Waals surface area contributed by atoms with E-state index in [-0.39, 0.29) is 6.42 Å². The van der Waals surface area contributed by atoms with Crippen molar-refractivity contribution in [2.24, 2.45) is 7.05 Å². The zero-order valence-electron chi connectivity index (χ0n) is 15.5. The number of nitrogens with one attached hydrogen (secondary N) is 1. The molecule has 9 heteroatoms. The summed E-state index contributed by atoms with van der Waals surface area (Å²) in [5, 5.41) is 23.2. The average Bonchev–Trinajstić information content (AvgIpc) is 3.31. The number of aliphatic carboxylic acids is 1. The highest BCUT2D eigenvalue weighted by molar-refractivity contribution is 5.66. The summed E-state index contributed by atoms with van der Waals surface area (Å²) in [7, 11) is 3.51. The predicted molar refractivity (Wildman–Crippen MR) is 98.0 cm³/mol. The largest absolute Gasteiger partial charge is 0.496 e. The van der Waals surface area contributed by atoms with Crippen molar-refractivity contribution in [3.05, 3.63) is 48.1 Å². The lowest BCUT2D eigenvalue weighted by atomic mass is 10.2. The summed E-state index contributed by atoms with van der Waals surface area (Å²) < 4.78 is 12.7. The molecule has 0 saturated carbocycles. The number of para-hydroxylation sites is 1. The number of ether oxygens (including phenoxy) is 1. The zero-order valence-corrected chi connectivity index (χ0v) is 15.5. The molecule has 2 aromatic heterocycles. The molecule has 0 atom stereocenters. The van der Waals surface area contributed by atoms with Gasteiger partial charge >= 0.3 is 5.97 Å². The van der Waals surface area contributed by atoms with Crippen LogP contribution in [0.1, 0.15) is 24.8 Å². The SMILES string of the molecule is CCC(=O)O.COc1ccccc1-c1nnc(CNCc2cnn(C)c2)o1. The fourth-order valence-electron chi connectivity index (χ4n) is 2.13. The fourth-order valence-corrected chi connectivity index (χ4v) is 2.13. The topological polar surface area (TPSA) is 115 Å². The standard InChI is InChI=1S/C15H17N5O2.C3H6O2/c1-20-10-11(8-17-20)7-16-9-14-18-19-15(22-14)12-5-3-4-6-13(12)21-2;1-2-3(4)5/h3-6,8,10,16H,7,9H2,1-2H3;2H2,1H3,(H,4,5). The molecule has 0 bridgehead atoms. The summed E-state index contributed by atoms with van der Waals surface area (Å²) in [5.41, 5.74) is 1.89. The number of methoxy groups -OCH3 is 1. The molecule has 1 aromatic carbocycles. The monoisotopic (exact) mass is 373 g/mol. The first kappa shape index (κ1) is 20.1. The zero-order chi connectivity index (χ0) is 19.6. The van der Waals surface area contributed by atoms with Gasteiger partial charge in [-0.2, -0.15) is 5.10 Å². The molecular formula is C18H23N5O4. The van der Waals surface area contributed by atoms with Gasteiger partial charge in [-0.1, -0.05) is 19.1 Å². The molecule has 0 aliphatic carbocycles. The second-order valence-corrected chi connectivity index (χ2v) is 5.57. The molecule has 0 spiro atoms. The number of aryl methyl sites for hydroxylation is 1. The summed E-state index contributed by atoms with van der Waals surface area (Å²) in [6.45, 7) is 2.79. The molecule has 144 valence electrons. The summed E-state index contributed by atoms with van der Waals surface area (Å²) in [6.07, 6.45) is 4.00. The fraction of sp³-hybridized carbons (Fsp3) is 0.333. The van der Waals surface area contributed by atoms with Crippen LogP contribution in [0.15, 0.2) is 41.1 Å². The molecule has 2 N–H and O–H groups in total. The minimum absolute atomic E-state index is 0.222. The van der Waals surface area contributed by atoms with E-state index in [1.807, 2.05) is 43.7 Å². The highest BCUT2D eigenvalue weighted by Gasteiger charge is 2.12. The van der Waals surface area contributed by atoms with Crippen LogP contribution < -0.4 is 10.1 Å². The number of hydrogen-bond acceptors (Lipinski definition) is 7. The molecule has 0 aliphatic heterocycles. The van der Waals surface area contributed by atoms with Crippen LogP contribution >= 0.6 is 0 Å². The van der Waals surface area contributed by atoms with Crippen LogP contribution in [0.5, 0.6) is 5.75 Å². The van der Waals surface area contributed by atoms with Gasteiger partial charge in [0.05, 0.1) is 25.4 Å². The number of hydrogen-bond donors (Lipinski definition) is 2. The van der Waals surface area contributed by atoms with E-state index in [9.17, 15) is 4.79 Å². The van der Waals surface area contributed by atoms with Gasteiger partial charge in [-0.15, -0.1) is 10.2 Å². The van der Waals surface area contributed by atoms with Crippen molar-refractivity contribution in [1.82, 2.24) is 25.3 Å². The number of carboxylic acid groups (broad SMARTS) is 1. The van der Waals surface area contributed by atoms with Gasteiger partial charge < -0.3 is 19.6 Å². The molecule has 2 heterocycles. The molecule has 27 heavy (non-hydrogen) atoms. The molecule has 0 amide bonds. The molecule has 0 saturated heterocycles. The van der Waals surface area contributed by atoms with Gasteiger partial charge in [-0.05, 0) is 12.1 Å². The molecule has 3 aromatic rings. The number of carbonyl (C=O) groups is 1. The maximum atomic E-state index is 9.37. The van der Waals surface area contributed by atoms with Crippen molar-refractivity contribution >= 4 is 5.97 Å². The Labute approximate surface area is 157 Å². The van der Waals surface area contributed by atoms with Crippen LogP contribution in [-0.2, 0) is 24.9 Å². The first-order valence-corrected chi connectivity index (χ1v) is 8.39. The van der Waals surface area contributed by atoms with Crippen molar-refractivity contribution in [2.45, 2.75) is 26.4 Å². The van der Waals surface area contributed by atoms with E-state index in [2.05, 4.69) is 20.6 Å². The van der Waals surface area contributed by atoms with Gasteiger partial charge in [0.15, 0.2) is 0 Å². The third kappa shape index (κ3) is 6.23. The van der Waals surface area contributed by atoms with Crippen LogP contribution in [-0.4, -0.2) is 38.2 Å². The second kappa shape index (κ2) is 10.1. The minimum Gasteiger partial charge on any atom is -0.496 e. The van der Waals surface area contributed by atoms with Crippen molar-refractivity contribution < 1.29 is 19.1 Å². The lowest BCUT2D eigenvalue weighted by Gasteiger charge is -2.03. The van der Waals surface area contributed by atoms with Crippen LogP contribution in [0.25, 0.3) is 11.5 Å². The summed E-state index contributed by atoms with van der Waals surface area (Å²) in [5.74, 6) is 0.950. The first-order valence-electron chi connectivity index (χ1n) is 8.39. The van der Waals surface area contributed by atoms with Gasteiger partial charge in [0.25, 0.3) is 5.89 Å². The quantitative estimate of drug-likeness (QED) is 0.648. The molecular weight excluding hydrogens is 350 g/mol. The molecule has 3 rings (SSSR count). The Morgan fingerprint density at radius 2 is 2.04 bits per heavy atom. The van der Waals surface area contributed by atoms with Crippen LogP contribution in [0.3, 0.4) is 0 Å². The Bertz CT molecular complexity index is 859. The van der Waals surface area contributed by atoms with E-state index in [1.54, 1.807) is 18.7 Å². The maximum absolute atomic E-state index is 9.37. The predicted octanol–water partition coefficient (Wildman–Crippen LogP) is 2.25. The Kier molecular flexibility index (Phi) is 7.50. The lowest BCUT2D eigenvalue weighted by molar-refractivity contribution is -0.136. The Morgan fingerprint density at radius 1 is 1.30 bits per heavy atom. The number of rotatable bonds is 7. The Hall–Kier alpha value is -3.20. The molecule has 0 unspecified atom stereocenters. The minimum atomic E-state index is -0.745. The third-order valence-electron chi connectivity index (χ3n) is 3.47. The molecule has 0 aliphatic rings. The molecule has 9 nitrogen and oxygen atoms in total. The number of benzene rings is 1. The highest BCUT2D eigenvalue weighted by Crippen LogP contribution is 2.28. The van der Waals surface area contributed by atoms with Gasteiger partial charge in [0, 0.05) is 31.8 Å². The van der Waals surface area contributed by atoms with Crippen molar-refractivity contribution in [3.63, 3.8) is 0 Å². The Morgan fingerprint density at radius 3 is 2.67 bits per heavy atom. The normalized spacial score (nSPS) is 10.2. The van der Waals surface area contributed by atoms with E-state index in [0.29, 0.717) is 30.6 Å². The van der Waals surface area contributed by atoms with E-state index in [4.69, 9.17) is 14.3 Å². The van der Waals surface area contributed by atoms with E-state index in [1.165, 1.54) is 0 Å². The second-order valence-electron chi connectivity index (χ2n) is 5.57. The lowest BCUT2D eigenvalue weighted by Crippen LogP contribution is -2.12. The number of carboxylic acids is 1. The van der Waals surface area contributed by atoms with E-state index >= 15 is 0 Å². The van der Waals surface area contributed by atoms with Crippen molar-refractivity contribution in [1.29, 1.82) is 0 Å². The molecule has 0 radical (unpaired) electrons. The van der Waals surface area contributed by atoms with Crippen molar-refractivity contribution in [3.8, 4) is 17.2 Å². The van der Waals surface area contributed by atoms with Crippen LogP contribution in [0.2, 0.25) is 0 Å². The van der Waals surface area contributed by atoms with E-state index in [0.717, 1.165) is 11.1 Å². The van der Waals surface area contributed by atoms with Crippen LogP contribution in [0, 0.1) is 0 Å². The summed E-state index contributed by atoms with van der Waals surface area (Å²) >= 11 is 0. The number of nitrogens with zero attached hydrogens (tertiary/aromatic N) is 4. The highest BCUT2D eigenvalue weighted by atomic mass is 16.5. The van der Waals surface area contributed by atoms with Gasteiger partial charge in [0.2, 0.25) is 5.89 Å². The van der Waals surface area contributed by atoms with Gasteiger partial charge in [-0.3, -0.25) is 9.48 Å². The average molecular weight is 373 g/mol. The summed E-state index contributed by atoms with van der Waals surface area (Å²) in [6, 6.07) is 7.55. The number of aromatic nitrogens is 4. The van der Waals surface area contributed by atoms with Gasteiger partial charge in [-0.25, -0.2) is 0 Å². The summed E-state index contributed by atoms with van der Waals surface area (Å²) in [4.78, 5) is 9.37. The van der Waals surface area contributed by atoms with E-state index < -0.39 is 5.97 Å². The smallest absolute Gasteiger partial charge is 0.303 e. The molecule has 0 fully saturated rings. The van der Waals surface area contributed by atoms with Gasteiger partial charge in [0.1, 0.15) is 5.75 Å². The third-order valence-corrected chi connectivity index (χ3v) is 3.47. The van der Waals surface area contributed by atoms with Crippen molar-refractivity contribution in [2.75, 3.05) is 7.11 Å². The maximum Gasteiger partial charge on any atom is 0.303 e.